The summed E-state index contributed by atoms with van der Waals surface area (Å²) in [6, 6.07) is 6.48. The Hall–Kier alpha value is -2.38. The first kappa shape index (κ1) is 17.0. The molecule has 0 bridgehead atoms. The van der Waals surface area contributed by atoms with E-state index >= 15 is 0 Å². The van der Waals surface area contributed by atoms with E-state index in [9.17, 15) is 9.59 Å². The Bertz CT molecular complexity index is 714. The number of nitrogens with one attached hydrogen (secondary N) is 2. The van der Waals surface area contributed by atoms with Gasteiger partial charge in [0.05, 0.1) is 22.8 Å². The van der Waals surface area contributed by atoms with Crippen LogP contribution >= 0.6 is 11.6 Å². The molecule has 1 aromatic heterocycles. The Morgan fingerprint density at radius 2 is 2.04 bits per heavy atom. The van der Waals surface area contributed by atoms with Crippen LogP contribution in [0.2, 0.25) is 5.02 Å². The topological polar surface area (TPSA) is 93.5 Å². The van der Waals surface area contributed by atoms with Crippen LogP contribution in [-0.4, -0.2) is 30.7 Å². The molecule has 2 aromatic rings. The molecule has 2 N–H and O–H groups in total. The molecule has 0 radical (unpaired) electrons. The molecule has 0 aliphatic carbocycles. The first-order chi connectivity index (χ1) is 11.0. The summed E-state index contributed by atoms with van der Waals surface area (Å²) in [5, 5.41) is 9.33. The summed E-state index contributed by atoms with van der Waals surface area (Å²) in [7, 11) is 1.43. The van der Waals surface area contributed by atoms with E-state index in [1.807, 2.05) is 0 Å². The summed E-state index contributed by atoms with van der Waals surface area (Å²) in [5.41, 5.74) is 1.67. The number of hydrogen-bond donors (Lipinski definition) is 2. The van der Waals surface area contributed by atoms with Crippen LogP contribution in [0.4, 0.5) is 11.4 Å². The SMILES string of the molecule is COCC(=O)Nc1ccc(NC(=O)Cc2cc(C)no2)cc1Cl. The number of hydrogen-bond acceptors (Lipinski definition) is 5. The van der Waals surface area contributed by atoms with Gasteiger partial charge in [0, 0.05) is 18.9 Å². The molecule has 0 atom stereocenters. The van der Waals surface area contributed by atoms with Crippen molar-refractivity contribution in [1.29, 1.82) is 0 Å². The zero-order valence-electron chi connectivity index (χ0n) is 12.7. The van der Waals surface area contributed by atoms with Gasteiger partial charge in [0.1, 0.15) is 12.4 Å². The molecule has 1 aromatic carbocycles. The molecule has 0 unspecified atom stereocenters. The Labute approximate surface area is 137 Å². The van der Waals surface area contributed by atoms with Gasteiger partial charge in [-0.05, 0) is 25.1 Å². The lowest BCUT2D eigenvalue weighted by Gasteiger charge is -2.09. The molecule has 0 saturated heterocycles. The monoisotopic (exact) mass is 337 g/mol. The molecular weight excluding hydrogens is 322 g/mol. The van der Waals surface area contributed by atoms with Crippen LogP contribution in [0, 0.1) is 6.92 Å². The molecular formula is C15H16ClN3O4. The number of aromatic nitrogens is 1. The van der Waals surface area contributed by atoms with E-state index in [4.69, 9.17) is 20.9 Å². The highest BCUT2D eigenvalue weighted by Crippen LogP contribution is 2.25. The molecule has 0 aliphatic rings. The average Bonchev–Trinajstić information content (AvgIpc) is 2.87. The Balaban J connectivity index is 1.97. The van der Waals surface area contributed by atoms with Crippen molar-refractivity contribution >= 4 is 34.8 Å². The van der Waals surface area contributed by atoms with Crippen molar-refractivity contribution < 1.29 is 18.8 Å². The minimum Gasteiger partial charge on any atom is -0.375 e. The molecule has 0 aliphatic heterocycles. The molecule has 8 heteroatoms. The van der Waals surface area contributed by atoms with E-state index in [0.29, 0.717) is 27.9 Å². The number of carbonyl (C=O) groups excluding carboxylic acids is 2. The van der Waals surface area contributed by atoms with Crippen LogP contribution in [0.25, 0.3) is 0 Å². The highest BCUT2D eigenvalue weighted by Gasteiger charge is 2.10. The molecule has 2 rings (SSSR count). The third kappa shape index (κ3) is 5.08. The van der Waals surface area contributed by atoms with Gasteiger partial charge < -0.3 is 19.9 Å². The number of methoxy groups -OCH3 is 1. The summed E-state index contributed by atoms with van der Waals surface area (Å²) in [4.78, 5) is 23.4. The third-order valence-electron chi connectivity index (χ3n) is 2.81. The van der Waals surface area contributed by atoms with E-state index in [1.54, 1.807) is 31.2 Å². The van der Waals surface area contributed by atoms with Crippen LogP contribution in [0.15, 0.2) is 28.8 Å². The number of amides is 2. The van der Waals surface area contributed by atoms with Crippen molar-refractivity contribution in [3.8, 4) is 0 Å². The predicted molar refractivity (Wildman–Crippen MR) is 85.5 cm³/mol. The fourth-order valence-electron chi connectivity index (χ4n) is 1.87. The van der Waals surface area contributed by atoms with Gasteiger partial charge in [0.15, 0.2) is 0 Å². The van der Waals surface area contributed by atoms with Gasteiger partial charge >= 0.3 is 0 Å². The lowest BCUT2D eigenvalue weighted by atomic mass is 10.2. The number of rotatable bonds is 6. The zero-order valence-corrected chi connectivity index (χ0v) is 13.4. The number of aryl methyl sites for hydroxylation is 1. The summed E-state index contributed by atoms with van der Waals surface area (Å²) in [5.74, 6) is -0.0881. The first-order valence-corrected chi connectivity index (χ1v) is 7.16. The predicted octanol–water partition coefficient (Wildman–Crippen LogP) is 2.40. The molecule has 7 nitrogen and oxygen atoms in total. The van der Waals surface area contributed by atoms with Crippen LogP contribution < -0.4 is 10.6 Å². The fraction of sp³-hybridized carbons (Fsp3) is 0.267. The van der Waals surface area contributed by atoms with Crippen molar-refractivity contribution in [3.05, 3.63) is 40.7 Å². The molecule has 0 saturated carbocycles. The number of ether oxygens (including phenoxy) is 1. The van der Waals surface area contributed by atoms with Crippen LogP contribution in [-0.2, 0) is 20.7 Å². The number of benzene rings is 1. The minimum atomic E-state index is -0.313. The standard InChI is InChI=1S/C15H16ClN3O4/c1-9-5-11(23-19-9)7-14(20)17-10-3-4-13(12(16)6-10)18-15(21)8-22-2/h3-6H,7-8H2,1-2H3,(H,17,20)(H,18,21). The highest BCUT2D eigenvalue weighted by molar-refractivity contribution is 6.34. The second-order valence-electron chi connectivity index (χ2n) is 4.84. The van der Waals surface area contributed by atoms with Gasteiger partial charge in [-0.15, -0.1) is 0 Å². The third-order valence-corrected chi connectivity index (χ3v) is 3.13. The van der Waals surface area contributed by atoms with E-state index in [0.717, 1.165) is 0 Å². The summed E-state index contributed by atoms with van der Waals surface area (Å²) >= 11 is 6.09. The van der Waals surface area contributed by atoms with Crippen LogP contribution in [0.5, 0.6) is 0 Å². The summed E-state index contributed by atoms with van der Waals surface area (Å²) < 4.78 is 9.71. The van der Waals surface area contributed by atoms with Gasteiger partial charge in [-0.25, -0.2) is 0 Å². The normalized spacial score (nSPS) is 10.4. The van der Waals surface area contributed by atoms with Gasteiger partial charge in [-0.2, -0.15) is 0 Å². The number of anilines is 2. The Kier molecular flexibility index (Phi) is 5.72. The smallest absolute Gasteiger partial charge is 0.250 e. The molecule has 1 heterocycles. The number of halogens is 1. The van der Waals surface area contributed by atoms with Gasteiger partial charge in [0.2, 0.25) is 11.8 Å². The van der Waals surface area contributed by atoms with E-state index in [2.05, 4.69) is 15.8 Å². The molecule has 122 valence electrons. The maximum Gasteiger partial charge on any atom is 0.250 e. The van der Waals surface area contributed by atoms with Crippen molar-refractivity contribution in [2.24, 2.45) is 0 Å². The highest BCUT2D eigenvalue weighted by atomic mass is 35.5. The van der Waals surface area contributed by atoms with Gasteiger partial charge in [-0.1, -0.05) is 16.8 Å². The lowest BCUT2D eigenvalue weighted by Crippen LogP contribution is -2.17. The molecule has 0 spiro atoms. The largest absolute Gasteiger partial charge is 0.375 e. The van der Waals surface area contributed by atoms with E-state index < -0.39 is 0 Å². The van der Waals surface area contributed by atoms with Crippen molar-refractivity contribution in [2.75, 3.05) is 24.4 Å². The zero-order chi connectivity index (χ0) is 16.8. The van der Waals surface area contributed by atoms with Crippen molar-refractivity contribution in [3.63, 3.8) is 0 Å². The van der Waals surface area contributed by atoms with Gasteiger partial charge in [0.25, 0.3) is 0 Å². The van der Waals surface area contributed by atoms with Crippen LogP contribution in [0.1, 0.15) is 11.5 Å². The number of nitrogens with zero attached hydrogens (tertiary/aromatic N) is 1. The van der Waals surface area contributed by atoms with E-state index in [1.165, 1.54) is 7.11 Å². The van der Waals surface area contributed by atoms with E-state index in [-0.39, 0.29) is 24.8 Å². The average molecular weight is 338 g/mol. The molecule has 23 heavy (non-hydrogen) atoms. The maximum absolute atomic E-state index is 11.9. The second-order valence-corrected chi connectivity index (χ2v) is 5.24. The molecule has 2 amide bonds. The first-order valence-electron chi connectivity index (χ1n) is 6.78. The fourth-order valence-corrected chi connectivity index (χ4v) is 2.10. The van der Waals surface area contributed by atoms with Crippen molar-refractivity contribution in [2.45, 2.75) is 13.3 Å². The Morgan fingerprint density at radius 1 is 1.26 bits per heavy atom. The maximum atomic E-state index is 11.9. The van der Waals surface area contributed by atoms with Gasteiger partial charge in [-0.3, -0.25) is 9.59 Å². The number of carbonyl (C=O) groups is 2. The Morgan fingerprint density at radius 3 is 2.65 bits per heavy atom. The van der Waals surface area contributed by atoms with Crippen LogP contribution in [0.3, 0.4) is 0 Å². The summed E-state index contributed by atoms with van der Waals surface area (Å²) in [6.07, 6.45) is 0.0742. The minimum absolute atomic E-state index is 0.0641. The lowest BCUT2D eigenvalue weighted by molar-refractivity contribution is -0.119. The second kappa shape index (κ2) is 7.75. The molecule has 0 fully saturated rings. The quantitative estimate of drug-likeness (QED) is 0.844. The summed E-state index contributed by atoms with van der Waals surface area (Å²) in [6.45, 7) is 1.71. The van der Waals surface area contributed by atoms with Crippen molar-refractivity contribution in [1.82, 2.24) is 5.16 Å².